The van der Waals surface area contributed by atoms with E-state index < -0.39 is 73.2 Å². The van der Waals surface area contributed by atoms with E-state index in [1.54, 1.807) is 11.3 Å². The number of thiazole rings is 1. The number of Topliss-reactive ketones (excluding diaryl/α,β-unsaturated/α-hetero) is 1. The molecule has 2 bridgehead atoms. The second-order valence-corrected chi connectivity index (χ2v) is 39.1. The summed E-state index contributed by atoms with van der Waals surface area (Å²) in [4.78, 5) is 47.8. The summed E-state index contributed by atoms with van der Waals surface area (Å²) >= 11 is 1.59. The predicted octanol–water partition coefficient (Wildman–Crippen LogP) is 13.7. The third kappa shape index (κ3) is 13.3. The van der Waals surface area contributed by atoms with Crippen LogP contribution in [0.3, 0.4) is 0 Å². The molecule has 4 rings (SSSR count). The van der Waals surface area contributed by atoms with Gasteiger partial charge in [0.25, 0.3) is 0 Å². The van der Waals surface area contributed by atoms with E-state index in [0.29, 0.717) is 18.8 Å². The van der Waals surface area contributed by atoms with Crippen molar-refractivity contribution >= 4 is 61.9 Å². The number of allylic oxidation sites excluding steroid dienone is 1. The van der Waals surface area contributed by atoms with E-state index in [4.69, 9.17) is 13.6 Å². The van der Waals surface area contributed by atoms with Gasteiger partial charge in [-0.15, -0.1) is 11.3 Å². The van der Waals surface area contributed by atoms with Gasteiger partial charge in [-0.05, 0) is 152 Å². The molecule has 1 spiro atoms. The van der Waals surface area contributed by atoms with Crippen LogP contribution in [0.25, 0.3) is 6.08 Å². The van der Waals surface area contributed by atoms with Crippen LogP contribution in [0.1, 0.15) is 180 Å². The topological polar surface area (TPSA) is 141 Å². The Hall–Kier alpha value is -2.18. The summed E-state index contributed by atoms with van der Waals surface area (Å²) in [5, 5.41) is 5.76. The number of ether oxygens (including phenoxy) is 1. The number of hydrogen-bond acceptors (Lipinski definition) is 10. The van der Waals surface area contributed by atoms with Crippen LogP contribution in [0.4, 0.5) is 4.79 Å². The van der Waals surface area contributed by atoms with Gasteiger partial charge in [-0.1, -0.05) is 94.7 Å². The molecule has 1 aliphatic heterocycles. The van der Waals surface area contributed by atoms with E-state index in [0.717, 1.165) is 48.4 Å². The van der Waals surface area contributed by atoms with Crippen molar-refractivity contribution in [2.24, 2.45) is 34.0 Å². The highest BCUT2D eigenvalue weighted by Crippen LogP contribution is 2.70. The van der Waals surface area contributed by atoms with Crippen LogP contribution < -0.4 is 5.32 Å². The molecular weight excluding hydrogens is 939 g/mol. The number of rotatable bonds is 20. The molecule has 1 N–H and O–H groups in total. The molecular formula is C54H95N3O8S2Si2. The normalized spacial score (nSPS) is 24.4. The van der Waals surface area contributed by atoms with Gasteiger partial charge in [0.05, 0.1) is 47.2 Å². The summed E-state index contributed by atoms with van der Waals surface area (Å²) < 4.78 is 49.6. The lowest BCUT2D eigenvalue weighted by Crippen LogP contribution is -2.55. The van der Waals surface area contributed by atoms with Crippen LogP contribution in [0.2, 0.25) is 36.3 Å². The third-order valence-electron chi connectivity index (χ3n) is 17.6. The molecule has 8 atom stereocenters. The highest BCUT2D eigenvalue weighted by atomic mass is 32.2. The van der Waals surface area contributed by atoms with Gasteiger partial charge < -0.3 is 18.9 Å². The highest BCUT2D eigenvalue weighted by molar-refractivity contribution is 7.90. The highest BCUT2D eigenvalue weighted by Gasteiger charge is 2.72. The molecule has 2 aliphatic carbocycles. The maximum Gasteiger partial charge on any atom is 0.408 e. The Labute approximate surface area is 425 Å². The zero-order valence-electron chi connectivity index (χ0n) is 47.1. The Balaban J connectivity index is 1.60. The van der Waals surface area contributed by atoms with Gasteiger partial charge in [-0.2, -0.15) is 0 Å². The van der Waals surface area contributed by atoms with E-state index in [1.165, 1.54) is 9.88 Å². The van der Waals surface area contributed by atoms with Crippen molar-refractivity contribution in [3.63, 3.8) is 0 Å². The summed E-state index contributed by atoms with van der Waals surface area (Å²) in [5.74, 6) is -0.625. The van der Waals surface area contributed by atoms with Gasteiger partial charge in [0.1, 0.15) is 11.4 Å². The maximum absolute atomic E-state index is 15.5. The van der Waals surface area contributed by atoms with E-state index >= 15 is 4.79 Å². The van der Waals surface area contributed by atoms with Crippen LogP contribution in [-0.2, 0) is 33.2 Å². The smallest absolute Gasteiger partial charge is 0.408 e. The first-order chi connectivity index (χ1) is 31.1. The van der Waals surface area contributed by atoms with Crippen molar-refractivity contribution in [2.45, 2.75) is 242 Å². The first-order valence-electron chi connectivity index (χ1n) is 25.8. The molecule has 1 aromatic rings. The number of aryl methyl sites for hydroxylation is 1. The number of amides is 2. The first-order valence-corrected chi connectivity index (χ1v) is 34.1. The van der Waals surface area contributed by atoms with Gasteiger partial charge in [0.15, 0.2) is 16.6 Å². The quantitative estimate of drug-likeness (QED) is 0.0998. The van der Waals surface area contributed by atoms with Gasteiger partial charge in [0, 0.05) is 22.1 Å². The average Bonchev–Trinajstić information content (AvgIpc) is 3.83. The molecule has 1 aromatic heterocycles. The van der Waals surface area contributed by atoms with Crippen molar-refractivity contribution in [3.8, 4) is 0 Å². The number of nitrogens with zero attached hydrogens (tertiary/aromatic N) is 2. The van der Waals surface area contributed by atoms with Crippen LogP contribution in [0.15, 0.2) is 22.6 Å². The molecule has 11 nitrogen and oxygen atoms in total. The molecule has 15 heteroatoms. The summed E-state index contributed by atoms with van der Waals surface area (Å²) in [7, 11) is -8.86. The van der Waals surface area contributed by atoms with Crippen LogP contribution >= 0.6 is 11.3 Å². The Morgan fingerprint density at radius 1 is 0.957 bits per heavy atom. The molecule has 3 aliphatic rings. The van der Waals surface area contributed by atoms with Crippen molar-refractivity contribution in [3.05, 3.63) is 33.3 Å². The number of hydrogen-bond donors (Lipinski definition) is 1. The molecule has 0 radical (unpaired) electrons. The predicted molar refractivity (Wildman–Crippen MR) is 290 cm³/mol. The molecule has 1 saturated heterocycles. The third-order valence-corrected chi connectivity index (χ3v) is 29.3. The van der Waals surface area contributed by atoms with E-state index in [2.05, 4.69) is 112 Å². The number of fused-ring (bicyclic) bond motifs is 1. The van der Waals surface area contributed by atoms with Crippen LogP contribution in [0, 0.1) is 40.9 Å². The second kappa shape index (κ2) is 21.0. The first kappa shape index (κ1) is 59.4. The molecule has 394 valence electrons. The molecule has 2 saturated carbocycles. The maximum atomic E-state index is 15.5. The number of aromatic nitrogens is 1. The Morgan fingerprint density at radius 3 is 2.06 bits per heavy atom. The van der Waals surface area contributed by atoms with Crippen molar-refractivity contribution in [1.29, 1.82) is 0 Å². The van der Waals surface area contributed by atoms with Crippen molar-refractivity contribution < 1.29 is 36.4 Å². The number of ketones is 1. The molecule has 3 fully saturated rings. The molecule has 0 aromatic carbocycles. The molecule has 2 amide bonds. The lowest BCUT2D eigenvalue weighted by Gasteiger charge is -2.46. The van der Waals surface area contributed by atoms with E-state index in [1.807, 2.05) is 66.8 Å². The Morgan fingerprint density at radius 2 is 1.54 bits per heavy atom. The largest absolute Gasteiger partial charge is 0.444 e. The Bertz CT molecular complexity index is 2190. The monoisotopic (exact) mass is 1030 g/mol. The number of carbonyl (C=O) groups excluding carboxylic acids is 3. The fourth-order valence-electron chi connectivity index (χ4n) is 10.8. The number of sulfonamides is 1. The Kier molecular flexibility index (Phi) is 18.1. The summed E-state index contributed by atoms with van der Waals surface area (Å²) in [6.07, 6.45) is 7.96. The zero-order valence-corrected chi connectivity index (χ0v) is 50.7. The standard InChI is InChI=1S/C54H95N3O8S2Si2/c1-35(26-27-42(56-48(60)63-49(6,7)8)37(3)30-41-33-66-39(5)55-41)24-23-25-36(2)46(65-69(21,22)51(12,13)14)38(4)47(59)52(15,16)44(64-68(19,20)50(9,10)11)32-45(58)57-43-31-40-28-29-54(43,53(40,17)18)34-67(57,61)62/h26,30,33,36,38,40,42-44,46H,23-25,27-29,31-32,34H2,1-22H3,(H,56,60)/b35-26-,37-30+/t36?,38?,40?,42-,43?,44?,46-,54?/m0/s1. The van der Waals surface area contributed by atoms with Crippen molar-refractivity contribution in [1.82, 2.24) is 14.6 Å². The lowest BCUT2D eigenvalue weighted by atomic mass is 9.69. The lowest BCUT2D eigenvalue weighted by molar-refractivity contribution is -0.143. The molecule has 6 unspecified atom stereocenters. The number of nitrogens with one attached hydrogen (secondary N) is 1. The van der Waals surface area contributed by atoms with Gasteiger partial charge >= 0.3 is 6.09 Å². The van der Waals surface area contributed by atoms with Gasteiger partial charge in [0.2, 0.25) is 15.9 Å². The SMILES string of the molecule is C/C(=C/C[C@H](NC(=O)OC(C)(C)C)/C(C)=C/c1csc(C)n1)CCCC(C)[C@H](O[Si](C)(C)C(C)(C)C)C(C)C(=O)C(C)(C)C(CC(=O)N1C2CC3CCC2(CS1(=O)=O)C3(C)C)O[Si](C)(C)C(C)(C)C. The number of alkyl carbamates (subject to hydrolysis) is 1. The van der Waals surface area contributed by atoms with Gasteiger partial charge in [-0.25, -0.2) is 22.5 Å². The molecule has 69 heavy (non-hydrogen) atoms. The second-order valence-electron chi connectivity index (χ2n) is 26.6. The summed E-state index contributed by atoms with van der Waals surface area (Å²) in [5.41, 5.74) is 0.665. The minimum absolute atomic E-state index is 0.00314. The van der Waals surface area contributed by atoms with E-state index in [9.17, 15) is 18.0 Å². The fourth-order valence-corrected chi connectivity index (χ4v) is 16.9. The zero-order chi connectivity index (χ0) is 52.9. The fraction of sp³-hybridized carbons (Fsp3) is 0.815. The average molecular weight is 1030 g/mol. The van der Waals surface area contributed by atoms with Crippen LogP contribution in [-0.4, -0.2) is 87.8 Å². The van der Waals surface area contributed by atoms with Crippen molar-refractivity contribution in [2.75, 3.05) is 5.75 Å². The van der Waals surface area contributed by atoms with Gasteiger partial charge in [-0.3, -0.25) is 9.59 Å². The summed E-state index contributed by atoms with van der Waals surface area (Å²) in [6, 6.07) is -0.638. The summed E-state index contributed by atoms with van der Waals surface area (Å²) in [6.45, 7) is 45.9. The minimum atomic E-state index is -3.86. The van der Waals surface area contributed by atoms with E-state index in [-0.39, 0.29) is 51.5 Å². The van der Waals surface area contributed by atoms with Crippen LogP contribution in [0.5, 0.6) is 0 Å². The number of carbonyl (C=O) groups is 3. The minimum Gasteiger partial charge on any atom is -0.444 e. The molecule has 2 heterocycles.